The number of rotatable bonds is 11. The number of hydrogen-bond acceptors (Lipinski definition) is 2. The average Bonchev–Trinajstić information content (AvgIpc) is 2.47. The van der Waals surface area contributed by atoms with Crippen LogP contribution in [0.1, 0.15) is 76.3 Å². The van der Waals surface area contributed by atoms with E-state index in [0.717, 1.165) is 6.42 Å². The van der Waals surface area contributed by atoms with E-state index < -0.39 is 0 Å². The number of nitrogens with one attached hydrogen (secondary N) is 1. The second kappa shape index (κ2) is 11.0. The molecule has 1 atom stereocenters. The molecule has 0 amide bonds. The van der Waals surface area contributed by atoms with Gasteiger partial charge in [-0.3, -0.25) is 11.3 Å². The Hall–Kier alpha value is -0.860. The second-order valence-electron chi connectivity index (χ2n) is 5.39. The standard InChI is InChI=1S/C17H30N2/c1-2-3-4-5-6-7-8-12-15-17(19-18)16-13-10-9-11-14-16/h9-11,13-14,17,19H,2-8,12,15,18H2,1H3. The van der Waals surface area contributed by atoms with Crippen LogP contribution in [0.4, 0.5) is 0 Å². The number of hydrazine groups is 1. The molecule has 0 aliphatic heterocycles. The van der Waals surface area contributed by atoms with Crippen molar-refractivity contribution in [3.8, 4) is 0 Å². The van der Waals surface area contributed by atoms with Crippen molar-refractivity contribution in [3.05, 3.63) is 35.9 Å². The third kappa shape index (κ3) is 7.34. The van der Waals surface area contributed by atoms with Crippen LogP contribution in [0, 0.1) is 0 Å². The first-order chi connectivity index (χ1) is 9.38. The topological polar surface area (TPSA) is 38.0 Å². The van der Waals surface area contributed by atoms with E-state index in [9.17, 15) is 0 Å². The van der Waals surface area contributed by atoms with E-state index in [2.05, 4.69) is 36.6 Å². The van der Waals surface area contributed by atoms with E-state index in [1.807, 2.05) is 6.07 Å². The normalized spacial score (nSPS) is 12.5. The minimum atomic E-state index is 0.307. The van der Waals surface area contributed by atoms with E-state index in [-0.39, 0.29) is 0 Å². The van der Waals surface area contributed by atoms with Gasteiger partial charge in [0.25, 0.3) is 0 Å². The molecule has 0 fully saturated rings. The van der Waals surface area contributed by atoms with Crippen molar-refractivity contribution >= 4 is 0 Å². The Kier molecular flexibility index (Phi) is 9.38. The molecule has 1 rings (SSSR count). The van der Waals surface area contributed by atoms with Crippen molar-refractivity contribution in [2.45, 2.75) is 70.8 Å². The van der Waals surface area contributed by atoms with Gasteiger partial charge in [0.1, 0.15) is 0 Å². The summed E-state index contributed by atoms with van der Waals surface area (Å²) in [5.41, 5.74) is 4.24. The van der Waals surface area contributed by atoms with Gasteiger partial charge in [-0.15, -0.1) is 0 Å². The molecular weight excluding hydrogens is 232 g/mol. The largest absolute Gasteiger partial charge is 0.271 e. The molecule has 0 radical (unpaired) electrons. The van der Waals surface area contributed by atoms with Crippen molar-refractivity contribution in [1.29, 1.82) is 0 Å². The van der Waals surface area contributed by atoms with Gasteiger partial charge < -0.3 is 0 Å². The van der Waals surface area contributed by atoms with Crippen LogP contribution in [0.5, 0.6) is 0 Å². The summed E-state index contributed by atoms with van der Waals surface area (Å²) in [4.78, 5) is 0. The van der Waals surface area contributed by atoms with Crippen molar-refractivity contribution in [1.82, 2.24) is 5.43 Å². The molecule has 19 heavy (non-hydrogen) atoms. The fourth-order valence-electron chi connectivity index (χ4n) is 2.51. The van der Waals surface area contributed by atoms with Crippen LogP contribution >= 0.6 is 0 Å². The van der Waals surface area contributed by atoms with E-state index in [1.165, 1.54) is 56.9 Å². The molecule has 1 unspecified atom stereocenters. The van der Waals surface area contributed by atoms with Crippen molar-refractivity contribution in [2.75, 3.05) is 0 Å². The zero-order valence-corrected chi connectivity index (χ0v) is 12.4. The Morgan fingerprint density at radius 2 is 1.47 bits per heavy atom. The Morgan fingerprint density at radius 3 is 2.05 bits per heavy atom. The number of hydrogen-bond donors (Lipinski definition) is 2. The SMILES string of the molecule is CCCCCCCCCCC(NN)c1ccccc1. The number of nitrogens with two attached hydrogens (primary N) is 1. The molecule has 2 heteroatoms. The van der Waals surface area contributed by atoms with E-state index in [1.54, 1.807) is 0 Å². The molecule has 108 valence electrons. The van der Waals surface area contributed by atoms with Crippen LogP contribution in [-0.4, -0.2) is 0 Å². The highest BCUT2D eigenvalue weighted by Crippen LogP contribution is 2.19. The molecule has 2 nitrogen and oxygen atoms in total. The van der Waals surface area contributed by atoms with E-state index in [0.29, 0.717) is 6.04 Å². The van der Waals surface area contributed by atoms with Crippen LogP contribution in [0.15, 0.2) is 30.3 Å². The molecule has 0 aromatic heterocycles. The van der Waals surface area contributed by atoms with Crippen molar-refractivity contribution in [2.24, 2.45) is 5.84 Å². The highest BCUT2D eigenvalue weighted by Gasteiger charge is 2.07. The maximum Gasteiger partial charge on any atom is 0.0460 e. The molecule has 0 saturated heterocycles. The summed E-state index contributed by atoms with van der Waals surface area (Å²) in [5.74, 6) is 5.65. The Bertz CT molecular complexity index is 297. The van der Waals surface area contributed by atoms with Gasteiger partial charge in [-0.05, 0) is 12.0 Å². The second-order valence-corrected chi connectivity index (χ2v) is 5.39. The van der Waals surface area contributed by atoms with E-state index in [4.69, 9.17) is 5.84 Å². The summed E-state index contributed by atoms with van der Waals surface area (Å²) in [6.45, 7) is 2.27. The lowest BCUT2D eigenvalue weighted by molar-refractivity contribution is 0.475. The summed E-state index contributed by atoms with van der Waals surface area (Å²) < 4.78 is 0. The van der Waals surface area contributed by atoms with Gasteiger partial charge >= 0.3 is 0 Å². The van der Waals surface area contributed by atoms with Gasteiger partial charge in [-0.2, -0.15) is 0 Å². The van der Waals surface area contributed by atoms with Gasteiger partial charge in [0.05, 0.1) is 0 Å². The van der Waals surface area contributed by atoms with E-state index >= 15 is 0 Å². The Labute approximate surface area is 118 Å². The third-order valence-electron chi connectivity index (χ3n) is 3.75. The van der Waals surface area contributed by atoms with Crippen molar-refractivity contribution < 1.29 is 0 Å². The van der Waals surface area contributed by atoms with Crippen molar-refractivity contribution in [3.63, 3.8) is 0 Å². The maximum absolute atomic E-state index is 5.65. The highest BCUT2D eigenvalue weighted by atomic mass is 15.2. The quantitative estimate of drug-likeness (QED) is 0.344. The smallest absolute Gasteiger partial charge is 0.0460 e. The van der Waals surface area contributed by atoms with Gasteiger partial charge in [0.2, 0.25) is 0 Å². The Morgan fingerprint density at radius 1 is 0.895 bits per heavy atom. The lowest BCUT2D eigenvalue weighted by Gasteiger charge is -2.16. The summed E-state index contributed by atoms with van der Waals surface area (Å²) in [5, 5.41) is 0. The van der Waals surface area contributed by atoms with Gasteiger partial charge in [-0.1, -0.05) is 88.6 Å². The van der Waals surface area contributed by atoms with Gasteiger partial charge in [-0.25, -0.2) is 0 Å². The summed E-state index contributed by atoms with van der Waals surface area (Å²) in [7, 11) is 0. The molecule has 1 aromatic rings. The molecule has 0 aliphatic rings. The molecule has 1 aromatic carbocycles. The number of benzene rings is 1. The van der Waals surface area contributed by atoms with Crippen LogP contribution in [-0.2, 0) is 0 Å². The van der Waals surface area contributed by atoms with Crippen LogP contribution in [0.3, 0.4) is 0 Å². The molecule has 0 aliphatic carbocycles. The molecule has 0 spiro atoms. The molecule has 0 bridgehead atoms. The fourth-order valence-corrected chi connectivity index (χ4v) is 2.51. The predicted molar refractivity (Wildman–Crippen MR) is 83.7 cm³/mol. The Balaban J connectivity index is 2.07. The lowest BCUT2D eigenvalue weighted by Crippen LogP contribution is -2.27. The average molecular weight is 262 g/mol. The fraction of sp³-hybridized carbons (Fsp3) is 0.647. The first kappa shape index (κ1) is 16.2. The summed E-state index contributed by atoms with van der Waals surface area (Å²) >= 11 is 0. The summed E-state index contributed by atoms with van der Waals surface area (Å²) in [6, 6.07) is 10.8. The zero-order chi connectivity index (χ0) is 13.8. The van der Waals surface area contributed by atoms with Crippen LogP contribution < -0.4 is 11.3 Å². The zero-order valence-electron chi connectivity index (χ0n) is 12.4. The minimum Gasteiger partial charge on any atom is -0.271 e. The maximum atomic E-state index is 5.65. The van der Waals surface area contributed by atoms with Gasteiger partial charge in [0, 0.05) is 6.04 Å². The molecule has 0 saturated carbocycles. The van der Waals surface area contributed by atoms with Crippen LogP contribution in [0.2, 0.25) is 0 Å². The minimum absolute atomic E-state index is 0.307. The first-order valence-corrected chi connectivity index (χ1v) is 7.89. The molecular formula is C17H30N2. The lowest BCUT2D eigenvalue weighted by atomic mass is 10.00. The molecule has 0 heterocycles. The van der Waals surface area contributed by atoms with Crippen LogP contribution in [0.25, 0.3) is 0 Å². The number of unbranched alkanes of at least 4 members (excludes halogenated alkanes) is 7. The molecule has 3 N–H and O–H groups in total. The first-order valence-electron chi connectivity index (χ1n) is 7.89. The predicted octanol–water partition coefficient (Wildman–Crippen LogP) is 4.72. The third-order valence-corrected chi connectivity index (χ3v) is 3.75. The van der Waals surface area contributed by atoms with Gasteiger partial charge in [0.15, 0.2) is 0 Å². The monoisotopic (exact) mass is 262 g/mol. The summed E-state index contributed by atoms with van der Waals surface area (Å²) in [6.07, 6.45) is 12.0. The highest BCUT2D eigenvalue weighted by molar-refractivity contribution is 5.18.